The van der Waals surface area contributed by atoms with Gasteiger partial charge >= 0.3 is 0 Å². The van der Waals surface area contributed by atoms with Crippen LogP contribution in [-0.4, -0.2) is 54.9 Å². The fourth-order valence-corrected chi connectivity index (χ4v) is 6.56. The molecule has 1 aromatic heterocycles. The number of amides is 1. The van der Waals surface area contributed by atoms with Gasteiger partial charge in [0.15, 0.2) is 5.76 Å². The third-order valence-corrected chi connectivity index (χ3v) is 8.75. The first-order valence-electron chi connectivity index (χ1n) is 12.2. The van der Waals surface area contributed by atoms with E-state index in [1.165, 1.54) is 15.4 Å². The number of hydrogen-bond donors (Lipinski definition) is 0. The minimum Gasteiger partial charge on any atom is -0.360 e. The Hall–Kier alpha value is -2.97. The third kappa shape index (κ3) is 6.00. The maximum absolute atomic E-state index is 13.7. The van der Waals surface area contributed by atoms with Crippen LogP contribution < -0.4 is 0 Å². The molecule has 35 heavy (non-hydrogen) atoms. The first-order chi connectivity index (χ1) is 16.9. The molecule has 0 radical (unpaired) electrons. The number of aryl methyl sites for hydroxylation is 2. The zero-order chi connectivity index (χ0) is 24.8. The summed E-state index contributed by atoms with van der Waals surface area (Å²) in [7, 11) is -3.78. The topological polar surface area (TPSA) is 83.7 Å². The van der Waals surface area contributed by atoms with Gasteiger partial charge in [0, 0.05) is 26.2 Å². The van der Waals surface area contributed by atoms with Crippen LogP contribution in [0.1, 0.15) is 35.4 Å². The molecule has 0 spiro atoms. The van der Waals surface area contributed by atoms with Crippen LogP contribution in [0, 0.1) is 19.8 Å². The summed E-state index contributed by atoms with van der Waals surface area (Å²) in [6.07, 6.45) is 2.84. The summed E-state index contributed by atoms with van der Waals surface area (Å²) in [6, 6.07) is 20.3. The smallest absolute Gasteiger partial charge is 0.248 e. The Balaban J connectivity index is 1.49. The number of sulfonamides is 1. The monoisotopic (exact) mass is 495 g/mol. The zero-order valence-corrected chi connectivity index (χ0v) is 21.2. The average Bonchev–Trinajstić information content (AvgIpc) is 3.23. The number of hydrogen-bond acceptors (Lipinski definition) is 5. The van der Waals surface area contributed by atoms with Gasteiger partial charge in [0.2, 0.25) is 15.9 Å². The van der Waals surface area contributed by atoms with E-state index in [-0.39, 0.29) is 29.0 Å². The van der Waals surface area contributed by atoms with Crippen molar-refractivity contribution in [1.82, 2.24) is 14.4 Å². The second-order valence-corrected chi connectivity index (χ2v) is 11.0. The van der Waals surface area contributed by atoms with Gasteiger partial charge in [0.05, 0.1) is 5.92 Å². The molecule has 8 heteroatoms. The first kappa shape index (κ1) is 25.1. The van der Waals surface area contributed by atoms with Gasteiger partial charge < -0.3 is 9.42 Å². The molecule has 0 bridgehead atoms. The normalized spacial score (nSPS) is 16.8. The third-order valence-electron chi connectivity index (χ3n) is 6.64. The van der Waals surface area contributed by atoms with E-state index in [0.29, 0.717) is 38.2 Å². The molecule has 1 unspecified atom stereocenters. The fourth-order valence-electron chi connectivity index (χ4n) is 4.74. The molecule has 2 heterocycles. The lowest BCUT2D eigenvalue weighted by atomic mass is 9.97. The van der Waals surface area contributed by atoms with Crippen molar-refractivity contribution in [2.75, 3.05) is 26.2 Å². The summed E-state index contributed by atoms with van der Waals surface area (Å²) in [6.45, 7) is 5.01. The molecular weight excluding hydrogens is 462 g/mol. The summed E-state index contributed by atoms with van der Waals surface area (Å²) in [5, 5.41) is 3.81. The van der Waals surface area contributed by atoms with E-state index in [0.717, 1.165) is 12.8 Å². The van der Waals surface area contributed by atoms with E-state index < -0.39 is 10.0 Å². The van der Waals surface area contributed by atoms with Crippen molar-refractivity contribution in [3.63, 3.8) is 0 Å². The van der Waals surface area contributed by atoms with E-state index in [9.17, 15) is 13.2 Å². The van der Waals surface area contributed by atoms with Crippen LogP contribution >= 0.6 is 0 Å². The Morgan fingerprint density at radius 1 is 1.00 bits per heavy atom. The Kier molecular flexibility index (Phi) is 8.03. The van der Waals surface area contributed by atoms with Crippen molar-refractivity contribution in [3.05, 3.63) is 83.2 Å². The molecule has 1 atom stereocenters. The molecule has 1 fully saturated rings. The Morgan fingerprint density at radius 2 is 1.57 bits per heavy atom. The number of piperidine rings is 1. The lowest BCUT2D eigenvalue weighted by Gasteiger charge is -2.34. The fraction of sp³-hybridized carbons (Fsp3) is 0.407. The molecule has 186 valence electrons. The Morgan fingerprint density at radius 3 is 2.09 bits per heavy atom. The molecule has 0 saturated carbocycles. The van der Waals surface area contributed by atoms with Gasteiger partial charge in [0.25, 0.3) is 0 Å². The number of nitrogens with zero attached hydrogens (tertiary/aromatic N) is 3. The van der Waals surface area contributed by atoms with E-state index in [2.05, 4.69) is 29.4 Å². The summed E-state index contributed by atoms with van der Waals surface area (Å²) in [5.74, 6) is -0.0654. The Labute approximate surface area is 207 Å². The second kappa shape index (κ2) is 11.2. The maximum Gasteiger partial charge on any atom is 0.248 e. The highest BCUT2D eigenvalue weighted by atomic mass is 32.2. The van der Waals surface area contributed by atoms with Gasteiger partial charge in [-0.2, -0.15) is 4.31 Å². The molecule has 0 N–H and O–H groups in total. The molecule has 1 saturated heterocycles. The van der Waals surface area contributed by atoms with E-state index in [1.54, 1.807) is 13.8 Å². The number of carbonyl (C=O) groups excluding carboxylic acids is 1. The largest absolute Gasteiger partial charge is 0.360 e. The highest BCUT2D eigenvalue weighted by Crippen LogP contribution is 2.28. The molecule has 7 nitrogen and oxygen atoms in total. The number of benzene rings is 2. The lowest BCUT2D eigenvalue weighted by molar-refractivity contribution is -0.136. The van der Waals surface area contributed by atoms with Gasteiger partial charge in [-0.15, -0.1) is 0 Å². The van der Waals surface area contributed by atoms with E-state index in [4.69, 9.17) is 4.52 Å². The van der Waals surface area contributed by atoms with Crippen molar-refractivity contribution in [2.45, 2.75) is 44.4 Å². The summed E-state index contributed by atoms with van der Waals surface area (Å²) >= 11 is 0. The van der Waals surface area contributed by atoms with E-state index >= 15 is 0 Å². The van der Waals surface area contributed by atoms with Crippen LogP contribution in [-0.2, 0) is 27.7 Å². The number of rotatable bonds is 9. The summed E-state index contributed by atoms with van der Waals surface area (Å²) in [5.41, 5.74) is 2.70. The van der Waals surface area contributed by atoms with Crippen molar-refractivity contribution in [2.24, 2.45) is 5.92 Å². The standard InChI is InChI=1S/C27H33N3O4S/c1-21-26(22(2)34-28-21)35(32,33)30-17-9-14-25(20-30)27(31)29(18-15-23-10-5-3-6-11-23)19-16-24-12-7-4-8-13-24/h3-8,10-13,25H,9,14-20H2,1-2H3. The van der Waals surface area contributed by atoms with Gasteiger partial charge in [-0.1, -0.05) is 65.8 Å². The highest BCUT2D eigenvalue weighted by molar-refractivity contribution is 7.89. The maximum atomic E-state index is 13.7. The van der Waals surface area contributed by atoms with E-state index in [1.807, 2.05) is 41.3 Å². The molecule has 1 aliphatic heterocycles. The summed E-state index contributed by atoms with van der Waals surface area (Å²) in [4.78, 5) is 15.7. The van der Waals surface area contributed by atoms with Crippen LogP contribution in [0.2, 0.25) is 0 Å². The minimum atomic E-state index is -3.78. The van der Waals surface area contributed by atoms with Gasteiger partial charge in [0.1, 0.15) is 10.6 Å². The predicted octanol–water partition coefficient (Wildman–Crippen LogP) is 4.01. The predicted molar refractivity (Wildman–Crippen MR) is 134 cm³/mol. The molecular formula is C27H33N3O4S. The van der Waals surface area contributed by atoms with Crippen LogP contribution in [0.25, 0.3) is 0 Å². The van der Waals surface area contributed by atoms with Gasteiger partial charge in [-0.25, -0.2) is 8.42 Å². The van der Waals surface area contributed by atoms with Crippen LogP contribution in [0.15, 0.2) is 70.1 Å². The Bertz CT molecular complexity index is 1160. The number of carbonyl (C=O) groups is 1. The molecule has 3 aromatic rings. The quantitative estimate of drug-likeness (QED) is 0.448. The average molecular weight is 496 g/mol. The molecule has 0 aliphatic carbocycles. The lowest BCUT2D eigenvalue weighted by Crippen LogP contribution is -2.47. The summed E-state index contributed by atoms with van der Waals surface area (Å²) < 4.78 is 33.2. The van der Waals surface area contributed by atoms with Crippen LogP contribution in [0.3, 0.4) is 0 Å². The van der Waals surface area contributed by atoms with Crippen LogP contribution in [0.4, 0.5) is 0 Å². The highest BCUT2D eigenvalue weighted by Gasteiger charge is 2.37. The SMILES string of the molecule is Cc1noc(C)c1S(=O)(=O)N1CCCC(C(=O)N(CCc2ccccc2)CCc2ccccc2)C1. The zero-order valence-electron chi connectivity index (χ0n) is 20.4. The number of aromatic nitrogens is 1. The van der Waals surface area contributed by atoms with Crippen molar-refractivity contribution < 1.29 is 17.7 Å². The first-order valence-corrected chi connectivity index (χ1v) is 13.6. The molecule has 4 rings (SSSR count). The van der Waals surface area contributed by atoms with Crippen molar-refractivity contribution >= 4 is 15.9 Å². The molecule has 2 aromatic carbocycles. The van der Waals surface area contributed by atoms with Gasteiger partial charge in [-0.05, 0) is 50.7 Å². The molecule has 1 aliphatic rings. The second-order valence-electron chi connectivity index (χ2n) is 9.15. The van der Waals surface area contributed by atoms with Crippen LogP contribution in [0.5, 0.6) is 0 Å². The van der Waals surface area contributed by atoms with Crippen molar-refractivity contribution in [3.8, 4) is 0 Å². The molecule has 1 amide bonds. The van der Waals surface area contributed by atoms with Crippen molar-refractivity contribution in [1.29, 1.82) is 0 Å². The minimum absolute atomic E-state index is 0.0236. The van der Waals surface area contributed by atoms with Gasteiger partial charge in [-0.3, -0.25) is 4.79 Å².